The summed E-state index contributed by atoms with van der Waals surface area (Å²) in [5, 5.41) is 2.45. The van der Waals surface area contributed by atoms with Crippen LogP contribution in [0.1, 0.15) is 0 Å². The number of fused-ring (bicyclic) bond motifs is 1. The second-order valence-corrected chi connectivity index (χ2v) is 19.6. The van der Waals surface area contributed by atoms with Gasteiger partial charge in [-0.25, -0.2) is 10.0 Å². The predicted octanol–water partition coefficient (Wildman–Crippen LogP) is 15.8. The molecule has 0 fully saturated rings. The molecule has 9 aromatic carbocycles. The van der Waals surface area contributed by atoms with Crippen molar-refractivity contribution in [2.24, 2.45) is 0 Å². The van der Waals surface area contributed by atoms with Crippen molar-refractivity contribution in [2.45, 2.75) is 4.90 Å². The van der Waals surface area contributed by atoms with Gasteiger partial charge in [-0.1, -0.05) is 146 Å². The maximum Gasteiger partial charge on any atom is 0.0540 e. The van der Waals surface area contributed by atoms with Crippen LogP contribution in [-0.2, 0) is 0 Å². The Labute approximate surface area is 344 Å². The van der Waals surface area contributed by atoms with Crippen LogP contribution in [0.25, 0.3) is 44.2 Å². The van der Waals surface area contributed by atoms with Crippen molar-refractivity contribution in [1.29, 1.82) is 0 Å². The zero-order valence-corrected chi connectivity index (χ0v) is 34.0. The summed E-state index contributed by atoms with van der Waals surface area (Å²) >= 11 is 0. The van der Waals surface area contributed by atoms with Crippen LogP contribution in [0.15, 0.2) is 229 Å². The Morgan fingerprint density at radius 3 is 1.28 bits per heavy atom. The molecule has 0 aliphatic rings. The average Bonchev–Trinajstić information content (AvgIpc) is 3.28. The highest BCUT2D eigenvalue weighted by atomic mass is 32.3. The molecular weight excluding hydrogens is 721 g/mol. The first-order valence-electron chi connectivity index (χ1n) is 19.8. The molecular formula is C55H46N2S. The number of nitrogens with zero attached hydrogens (tertiary/aromatic N) is 2. The number of hydrogen-bond acceptors (Lipinski definition) is 2. The second-order valence-electron chi connectivity index (χ2n) is 15.4. The van der Waals surface area contributed by atoms with E-state index in [-0.39, 0.29) is 0 Å². The summed E-state index contributed by atoms with van der Waals surface area (Å²) in [6.07, 6.45) is 7.04. The lowest BCUT2D eigenvalue weighted by molar-refractivity contribution is 1.27. The van der Waals surface area contributed by atoms with Crippen LogP contribution >= 0.6 is 10.0 Å². The van der Waals surface area contributed by atoms with Crippen molar-refractivity contribution in [3.63, 3.8) is 0 Å². The highest BCUT2D eigenvalue weighted by molar-refractivity contribution is 8.32. The van der Waals surface area contributed by atoms with Crippen LogP contribution < -0.4 is 9.80 Å². The third-order valence-electron chi connectivity index (χ3n) is 10.8. The van der Waals surface area contributed by atoms with Gasteiger partial charge in [-0.15, -0.1) is 0 Å². The SMILES string of the molecule is CS(C)(C)c1ccc(N(c2ccc(-c3ccc(-c4ccc(N(c5ccccc5)c5cccc6ccccc56)cc4)cc3)cc2)c2cccc(-c3ccccc3)c2)cc1. The first kappa shape index (κ1) is 36.8. The highest BCUT2D eigenvalue weighted by Crippen LogP contribution is 2.47. The fourth-order valence-corrected chi connectivity index (χ4v) is 8.73. The third-order valence-corrected chi connectivity index (χ3v) is 12.5. The summed E-state index contributed by atoms with van der Waals surface area (Å²) in [4.78, 5) is 6.12. The smallest absolute Gasteiger partial charge is 0.0540 e. The zero-order chi connectivity index (χ0) is 39.5. The van der Waals surface area contributed by atoms with Gasteiger partial charge in [0, 0.05) is 33.8 Å². The molecule has 0 bridgehead atoms. The summed E-state index contributed by atoms with van der Waals surface area (Å²) in [6, 6.07) is 81.2. The van der Waals surface area contributed by atoms with Gasteiger partial charge >= 0.3 is 0 Å². The molecule has 3 heteroatoms. The molecule has 0 atom stereocenters. The third kappa shape index (κ3) is 7.65. The Morgan fingerprint density at radius 1 is 0.293 bits per heavy atom. The largest absolute Gasteiger partial charge is 0.310 e. The Morgan fingerprint density at radius 2 is 0.690 bits per heavy atom. The first-order chi connectivity index (χ1) is 28.4. The van der Waals surface area contributed by atoms with Gasteiger partial charge in [-0.2, -0.15) is 0 Å². The lowest BCUT2D eigenvalue weighted by Crippen LogP contribution is -2.10. The number of para-hydroxylation sites is 1. The van der Waals surface area contributed by atoms with E-state index in [1.807, 2.05) is 0 Å². The molecule has 0 aromatic heterocycles. The summed E-state index contributed by atoms with van der Waals surface area (Å²) in [6.45, 7) is 0. The van der Waals surface area contributed by atoms with Gasteiger partial charge in [0.15, 0.2) is 0 Å². The zero-order valence-electron chi connectivity index (χ0n) is 33.2. The number of benzene rings is 9. The summed E-state index contributed by atoms with van der Waals surface area (Å²) in [5.41, 5.74) is 14.0. The molecule has 0 aliphatic heterocycles. The van der Waals surface area contributed by atoms with Gasteiger partial charge < -0.3 is 9.80 Å². The minimum atomic E-state index is -0.828. The van der Waals surface area contributed by atoms with Gasteiger partial charge in [0.05, 0.1) is 5.69 Å². The van der Waals surface area contributed by atoms with Crippen molar-refractivity contribution in [3.05, 3.63) is 224 Å². The predicted molar refractivity (Wildman–Crippen MR) is 253 cm³/mol. The number of hydrogen-bond donors (Lipinski definition) is 0. The molecule has 0 heterocycles. The standard InChI is InChI=1S/C55H46N2S/c1-58(2,3)53-38-36-50(37-39-53)56(52-21-12-18-47(40-52)41-14-6-4-7-15-41)49-32-28-44(29-33-49)42-24-26-43(27-25-42)45-30-34-51(35-31-45)57(48-19-8-5-9-20-48)55-23-13-17-46-16-10-11-22-54(46)55/h4-40H,1-3H3. The van der Waals surface area contributed by atoms with E-state index in [0.717, 1.165) is 34.1 Å². The van der Waals surface area contributed by atoms with Crippen molar-refractivity contribution >= 4 is 54.9 Å². The molecule has 2 nitrogen and oxygen atoms in total. The van der Waals surface area contributed by atoms with Crippen molar-refractivity contribution in [2.75, 3.05) is 28.6 Å². The second kappa shape index (κ2) is 16.0. The van der Waals surface area contributed by atoms with Crippen molar-refractivity contribution < 1.29 is 0 Å². The van der Waals surface area contributed by atoms with Gasteiger partial charge in [-0.3, -0.25) is 0 Å². The van der Waals surface area contributed by atoms with E-state index in [9.17, 15) is 0 Å². The van der Waals surface area contributed by atoms with Crippen LogP contribution in [-0.4, -0.2) is 18.8 Å². The first-order valence-corrected chi connectivity index (χ1v) is 22.6. The quantitative estimate of drug-likeness (QED) is 0.137. The van der Waals surface area contributed by atoms with Gasteiger partial charge in [0.2, 0.25) is 0 Å². The van der Waals surface area contributed by atoms with Gasteiger partial charge in [0.25, 0.3) is 0 Å². The minimum Gasteiger partial charge on any atom is -0.310 e. The maximum absolute atomic E-state index is 2.37. The molecule has 0 spiro atoms. The molecule has 282 valence electrons. The number of anilines is 6. The maximum atomic E-state index is 2.37. The van der Waals surface area contributed by atoms with E-state index in [1.165, 1.54) is 49.0 Å². The Bertz CT molecular complexity index is 2770. The molecule has 0 unspecified atom stereocenters. The van der Waals surface area contributed by atoms with Gasteiger partial charge in [0.1, 0.15) is 0 Å². The minimum absolute atomic E-state index is 0.828. The molecule has 0 saturated heterocycles. The van der Waals surface area contributed by atoms with Crippen LogP contribution in [0.4, 0.5) is 34.1 Å². The van der Waals surface area contributed by atoms with Crippen molar-refractivity contribution in [1.82, 2.24) is 0 Å². The fraction of sp³-hybridized carbons (Fsp3) is 0.0545. The number of rotatable bonds is 10. The highest BCUT2D eigenvalue weighted by Gasteiger charge is 2.17. The van der Waals surface area contributed by atoms with E-state index < -0.39 is 10.0 Å². The Kier molecular flexibility index (Phi) is 10.1. The van der Waals surface area contributed by atoms with Crippen LogP contribution in [0.2, 0.25) is 0 Å². The van der Waals surface area contributed by atoms with Crippen LogP contribution in [0.5, 0.6) is 0 Å². The molecule has 0 saturated carbocycles. The Hall–Kier alpha value is -6.81. The average molecular weight is 767 g/mol. The molecule has 0 aliphatic carbocycles. The molecule has 58 heavy (non-hydrogen) atoms. The summed E-state index contributed by atoms with van der Waals surface area (Å²) < 4.78 is 0. The summed E-state index contributed by atoms with van der Waals surface area (Å²) in [7, 11) is -0.828. The van der Waals surface area contributed by atoms with Gasteiger partial charge in [-0.05, 0) is 141 Å². The fourth-order valence-electron chi connectivity index (χ4n) is 7.77. The lowest BCUT2D eigenvalue weighted by atomic mass is 9.99. The van der Waals surface area contributed by atoms with E-state index in [0.29, 0.717) is 0 Å². The molecule has 0 radical (unpaired) electrons. The molecule has 0 amide bonds. The summed E-state index contributed by atoms with van der Waals surface area (Å²) in [5.74, 6) is 0. The van der Waals surface area contributed by atoms with E-state index in [2.05, 4.69) is 253 Å². The molecule has 0 N–H and O–H groups in total. The topological polar surface area (TPSA) is 6.48 Å². The Balaban J connectivity index is 0.994. The van der Waals surface area contributed by atoms with Crippen LogP contribution in [0, 0.1) is 0 Å². The molecule has 9 rings (SSSR count). The van der Waals surface area contributed by atoms with Crippen molar-refractivity contribution in [3.8, 4) is 33.4 Å². The van der Waals surface area contributed by atoms with Crippen LogP contribution in [0.3, 0.4) is 0 Å². The van der Waals surface area contributed by atoms with E-state index in [4.69, 9.17) is 0 Å². The van der Waals surface area contributed by atoms with E-state index in [1.54, 1.807) is 0 Å². The normalized spacial score (nSPS) is 11.6. The monoisotopic (exact) mass is 766 g/mol. The van der Waals surface area contributed by atoms with E-state index >= 15 is 0 Å². The molecule has 9 aromatic rings. The lowest BCUT2D eigenvalue weighted by Gasteiger charge is -2.29.